The molecule has 3 rings (SSSR count). The summed E-state index contributed by atoms with van der Waals surface area (Å²) in [7, 11) is 4.83. The van der Waals surface area contributed by atoms with Crippen molar-refractivity contribution in [3.63, 3.8) is 0 Å². The zero-order valence-electron chi connectivity index (χ0n) is 20.5. The molecule has 0 aromatic heterocycles. The average molecular weight is 478 g/mol. The minimum absolute atomic E-state index is 0.162. The van der Waals surface area contributed by atoms with Crippen LogP contribution in [0.2, 0.25) is 0 Å². The van der Waals surface area contributed by atoms with Gasteiger partial charge >= 0.3 is 0 Å². The van der Waals surface area contributed by atoms with E-state index in [1.54, 1.807) is 36.4 Å². The van der Waals surface area contributed by atoms with Gasteiger partial charge in [0.05, 0.1) is 32.1 Å². The molecular formula is C27H31N3O5. The first kappa shape index (κ1) is 25.6. The summed E-state index contributed by atoms with van der Waals surface area (Å²) in [6.45, 7) is 3.22. The molecule has 0 atom stereocenters. The molecule has 0 saturated carbocycles. The van der Waals surface area contributed by atoms with E-state index in [9.17, 15) is 9.59 Å². The molecule has 0 aliphatic rings. The van der Waals surface area contributed by atoms with Gasteiger partial charge in [0, 0.05) is 24.2 Å². The second kappa shape index (κ2) is 12.4. The lowest BCUT2D eigenvalue weighted by Gasteiger charge is -2.19. The van der Waals surface area contributed by atoms with Crippen LogP contribution in [-0.2, 0) is 4.79 Å². The number of aryl methyl sites for hydroxylation is 1. The minimum Gasteiger partial charge on any atom is -0.494 e. The number of benzene rings is 3. The van der Waals surface area contributed by atoms with Crippen molar-refractivity contribution in [1.82, 2.24) is 4.90 Å². The molecule has 0 bridgehead atoms. The Kier molecular flexibility index (Phi) is 9.09. The fraction of sp³-hybridized carbons (Fsp3) is 0.259. The molecule has 0 spiro atoms. The normalized spacial score (nSPS) is 10.5. The molecule has 2 N–H and O–H groups in total. The third-order valence-electron chi connectivity index (χ3n) is 5.26. The third kappa shape index (κ3) is 7.48. The highest BCUT2D eigenvalue weighted by Crippen LogP contribution is 2.36. The maximum atomic E-state index is 12.6. The van der Waals surface area contributed by atoms with Gasteiger partial charge in [-0.05, 0) is 38.2 Å². The maximum absolute atomic E-state index is 12.6. The van der Waals surface area contributed by atoms with Gasteiger partial charge in [-0.15, -0.1) is 0 Å². The van der Waals surface area contributed by atoms with E-state index in [1.165, 1.54) is 19.8 Å². The molecule has 0 radical (unpaired) electrons. The zero-order valence-corrected chi connectivity index (χ0v) is 20.5. The summed E-state index contributed by atoms with van der Waals surface area (Å²) in [5.74, 6) is 1.09. The monoisotopic (exact) mass is 477 g/mol. The number of hydrogen-bond donors (Lipinski definition) is 2. The molecule has 0 fully saturated rings. The smallest absolute Gasteiger partial charge is 0.255 e. The average Bonchev–Trinajstić information content (AvgIpc) is 2.86. The summed E-state index contributed by atoms with van der Waals surface area (Å²) < 4.78 is 16.6. The molecule has 2 amide bonds. The van der Waals surface area contributed by atoms with E-state index >= 15 is 0 Å². The summed E-state index contributed by atoms with van der Waals surface area (Å²) in [4.78, 5) is 27.1. The number of rotatable bonds is 11. The molecule has 184 valence electrons. The van der Waals surface area contributed by atoms with E-state index in [0.717, 1.165) is 5.75 Å². The largest absolute Gasteiger partial charge is 0.494 e. The van der Waals surface area contributed by atoms with E-state index in [0.29, 0.717) is 41.6 Å². The summed E-state index contributed by atoms with van der Waals surface area (Å²) in [6.07, 6.45) is 0. The molecule has 8 nitrogen and oxygen atoms in total. The van der Waals surface area contributed by atoms with Crippen LogP contribution >= 0.6 is 0 Å². The standard InChI is InChI=1S/C27H31N3O5/c1-19-10-12-21(13-11-19)35-15-14-30(2)18-26(31)28-22-16-25(34-4)23(17-24(22)33-3)29-27(32)20-8-6-5-7-9-20/h5-13,16-17H,14-15,18H2,1-4H3,(H,28,31)(H,29,32). The molecule has 0 aliphatic heterocycles. The molecule has 3 aromatic rings. The number of ether oxygens (including phenoxy) is 3. The van der Waals surface area contributed by atoms with Gasteiger partial charge in [-0.1, -0.05) is 35.9 Å². The highest BCUT2D eigenvalue weighted by Gasteiger charge is 2.17. The van der Waals surface area contributed by atoms with Crippen molar-refractivity contribution in [3.8, 4) is 17.2 Å². The van der Waals surface area contributed by atoms with E-state index in [4.69, 9.17) is 14.2 Å². The Morgan fingerprint density at radius 2 is 1.46 bits per heavy atom. The summed E-state index contributed by atoms with van der Waals surface area (Å²) in [5.41, 5.74) is 2.56. The van der Waals surface area contributed by atoms with Crippen LogP contribution in [0.1, 0.15) is 15.9 Å². The Morgan fingerprint density at radius 1 is 0.857 bits per heavy atom. The molecule has 0 saturated heterocycles. The van der Waals surface area contributed by atoms with E-state index in [2.05, 4.69) is 10.6 Å². The van der Waals surface area contributed by atoms with Crippen molar-refractivity contribution in [2.24, 2.45) is 0 Å². The third-order valence-corrected chi connectivity index (χ3v) is 5.26. The summed E-state index contributed by atoms with van der Waals surface area (Å²) >= 11 is 0. The Morgan fingerprint density at radius 3 is 2.06 bits per heavy atom. The number of likely N-dealkylation sites (N-methyl/N-ethyl adjacent to an activating group) is 1. The van der Waals surface area contributed by atoms with Gasteiger partial charge in [0.2, 0.25) is 5.91 Å². The van der Waals surface area contributed by atoms with Crippen molar-refractivity contribution in [2.45, 2.75) is 6.92 Å². The van der Waals surface area contributed by atoms with Crippen LogP contribution in [0.3, 0.4) is 0 Å². The van der Waals surface area contributed by atoms with Crippen LogP contribution in [0.15, 0.2) is 66.7 Å². The maximum Gasteiger partial charge on any atom is 0.255 e. The SMILES string of the molecule is COc1cc(NC(=O)c2ccccc2)c(OC)cc1NC(=O)CN(C)CCOc1ccc(C)cc1. The number of nitrogens with one attached hydrogen (secondary N) is 2. The number of anilines is 2. The zero-order chi connectivity index (χ0) is 25.2. The lowest BCUT2D eigenvalue weighted by molar-refractivity contribution is -0.117. The van der Waals surface area contributed by atoms with Crippen LogP contribution < -0.4 is 24.8 Å². The summed E-state index contributed by atoms with van der Waals surface area (Å²) in [6, 6.07) is 19.9. The first-order valence-corrected chi connectivity index (χ1v) is 11.2. The van der Waals surface area contributed by atoms with Crippen LogP contribution in [0, 0.1) is 6.92 Å². The number of carbonyl (C=O) groups is 2. The number of methoxy groups -OCH3 is 2. The predicted molar refractivity (Wildman–Crippen MR) is 137 cm³/mol. The van der Waals surface area contributed by atoms with Gasteiger partial charge in [-0.2, -0.15) is 0 Å². The Labute approximate surface area is 205 Å². The van der Waals surface area contributed by atoms with Crippen LogP contribution in [0.25, 0.3) is 0 Å². The molecule has 0 heterocycles. The van der Waals surface area contributed by atoms with E-state index < -0.39 is 0 Å². The first-order valence-electron chi connectivity index (χ1n) is 11.2. The lowest BCUT2D eigenvalue weighted by Crippen LogP contribution is -2.33. The Balaban J connectivity index is 1.59. The lowest BCUT2D eigenvalue weighted by atomic mass is 10.2. The van der Waals surface area contributed by atoms with Gasteiger partial charge in [0.1, 0.15) is 23.9 Å². The topological polar surface area (TPSA) is 89.1 Å². The number of carbonyl (C=O) groups excluding carboxylic acids is 2. The van der Waals surface area contributed by atoms with Gasteiger partial charge in [-0.3, -0.25) is 14.5 Å². The number of amides is 2. The second-order valence-corrected chi connectivity index (χ2v) is 8.02. The van der Waals surface area contributed by atoms with Crippen molar-refractivity contribution >= 4 is 23.2 Å². The van der Waals surface area contributed by atoms with Gasteiger partial charge < -0.3 is 24.8 Å². The number of hydrogen-bond acceptors (Lipinski definition) is 6. The van der Waals surface area contributed by atoms with E-state index in [-0.39, 0.29) is 18.4 Å². The van der Waals surface area contributed by atoms with Crippen molar-refractivity contribution in [2.75, 3.05) is 51.6 Å². The van der Waals surface area contributed by atoms with Crippen LogP contribution in [-0.4, -0.2) is 57.7 Å². The quantitative estimate of drug-likeness (QED) is 0.430. The Hall–Kier alpha value is -4.04. The van der Waals surface area contributed by atoms with Gasteiger partial charge in [0.25, 0.3) is 5.91 Å². The van der Waals surface area contributed by atoms with Crippen LogP contribution in [0.4, 0.5) is 11.4 Å². The molecular weight excluding hydrogens is 446 g/mol. The fourth-order valence-electron chi connectivity index (χ4n) is 3.34. The molecule has 8 heteroatoms. The van der Waals surface area contributed by atoms with Crippen molar-refractivity contribution < 1.29 is 23.8 Å². The highest BCUT2D eigenvalue weighted by atomic mass is 16.5. The number of nitrogens with zero attached hydrogens (tertiary/aromatic N) is 1. The van der Waals surface area contributed by atoms with Crippen LogP contribution in [0.5, 0.6) is 17.2 Å². The summed E-state index contributed by atoms with van der Waals surface area (Å²) in [5, 5.41) is 5.68. The first-order chi connectivity index (χ1) is 16.9. The van der Waals surface area contributed by atoms with E-state index in [1.807, 2.05) is 49.2 Å². The minimum atomic E-state index is -0.280. The van der Waals surface area contributed by atoms with Gasteiger partial charge in [0.15, 0.2) is 0 Å². The predicted octanol–water partition coefficient (Wildman–Crippen LogP) is 4.21. The van der Waals surface area contributed by atoms with Crippen molar-refractivity contribution in [1.29, 1.82) is 0 Å². The fourth-order valence-corrected chi connectivity index (χ4v) is 3.34. The second-order valence-electron chi connectivity index (χ2n) is 8.02. The molecule has 3 aromatic carbocycles. The molecule has 0 aliphatic carbocycles. The Bertz CT molecular complexity index is 1130. The molecule has 35 heavy (non-hydrogen) atoms. The van der Waals surface area contributed by atoms with Gasteiger partial charge in [-0.25, -0.2) is 0 Å². The van der Waals surface area contributed by atoms with Crippen molar-refractivity contribution in [3.05, 3.63) is 77.9 Å². The highest BCUT2D eigenvalue weighted by molar-refractivity contribution is 6.05. The molecule has 0 unspecified atom stereocenters.